The number of aliphatic hydroxyl groups excluding tert-OH is 4. The third kappa shape index (κ3) is 17.0. The minimum absolute atomic E-state index is 0.0233. The van der Waals surface area contributed by atoms with E-state index < -0.39 is 90.7 Å². The van der Waals surface area contributed by atoms with Crippen LogP contribution in [0, 0.1) is 23.2 Å². The van der Waals surface area contributed by atoms with Gasteiger partial charge in [0.15, 0.2) is 24.3 Å². The van der Waals surface area contributed by atoms with Crippen LogP contribution in [0.4, 0.5) is 5.82 Å². The Kier molecular flexibility index (Phi) is 21.4. The molecule has 0 bridgehead atoms. The van der Waals surface area contributed by atoms with Gasteiger partial charge >= 0.3 is 23.5 Å². The molecule has 1 aromatic carbocycles. The maximum Gasteiger partial charge on any atom is 0.481 e. The van der Waals surface area contributed by atoms with E-state index in [9.17, 15) is 68.1 Å². The van der Waals surface area contributed by atoms with E-state index in [1.54, 1.807) is 0 Å². The first-order valence-electron chi connectivity index (χ1n) is 24.4. The number of benzene rings is 1. The number of carbonyl (C=O) groups excluding carboxylic acids is 3. The van der Waals surface area contributed by atoms with E-state index in [0.717, 1.165) is 85.1 Å². The van der Waals surface area contributed by atoms with Crippen LogP contribution in [0.25, 0.3) is 11.2 Å². The first-order valence-corrected chi connectivity index (χ1v) is 29.9. The number of thioether (sulfide) groups is 1. The molecule has 0 radical (unpaired) electrons. The smallest absolute Gasteiger partial charge is 0.481 e. The third-order valence-electron chi connectivity index (χ3n) is 13.4. The van der Waals surface area contributed by atoms with Gasteiger partial charge in [0.2, 0.25) is 16.9 Å². The molecule has 3 aliphatic rings. The summed E-state index contributed by atoms with van der Waals surface area (Å²) in [6, 6.07) is 5.80. The minimum Gasteiger partial charge on any atom is -0.485 e. The number of imidazole rings is 1. The van der Waals surface area contributed by atoms with E-state index in [0.29, 0.717) is 24.5 Å². The fourth-order valence-corrected chi connectivity index (χ4v) is 13.0. The summed E-state index contributed by atoms with van der Waals surface area (Å²) >= 11 is 0.978. The molecule has 3 heterocycles. The SMILES string of the molecule is CCCCC[C@@H](O)CC[C@H]1[C@@H]2Cc3cccc(OCC(=O)SCCNC(=O)CCNC(=O)C(O)C(C)(C)COP(=O)(O)OP(=O)(O)OCC4OC(n5cnc6c(N)ncnc65)C(O)C4OP(=O)(O)O)c3C[C@@H]2C[C@@H]1O. The number of nitrogen functional groups attached to an aromatic ring is 1. The number of anilines is 1. The van der Waals surface area contributed by atoms with E-state index in [1.165, 1.54) is 13.8 Å². The number of aromatic nitrogens is 4. The van der Waals surface area contributed by atoms with Gasteiger partial charge in [0.25, 0.3) is 0 Å². The summed E-state index contributed by atoms with van der Waals surface area (Å²) in [5, 5.41) is 47.9. The van der Waals surface area contributed by atoms with Gasteiger partial charge < -0.3 is 65.8 Å². The lowest BCUT2D eigenvalue weighted by Gasteiger charge is -2.32. The number of ether oxygens (including phenoxy) is 2. The number of unbranched alkanes of at least 4 members (excludes halogenated alkanes) is 2. The topological polar surface area (TPSA) is 413 Å². The lowest BCUT2D eigenvalue weighted by atomic mass is 9.73. The third-order valence-corrected chi connectivity index (χ3v) is 17.4. The molecule has 12 N–H and O–H groups in total. The number of nitrogens with one attached hydrogen (secondary N) is 2. The Hall–Kier alpha value is -3.50. The molecule has 1 aliphatic heterocycles. The molecule has 3 aromatic rings. The van der Waals surface area contributed by atoms with Crippen molar-refractivity contribution < 1.29 is 95.4 Å². The molecule has 2 fully saturated rings. The number of hydrogen-bond donors (Lipinski definition) is 11. The van der Waals surface area contributed by atoms with Crippen molar-refractivity contribution in [1.82, 2.24) is 30.2 Å². The molecule has 27 nitrogen and oxygen atoms in total. The molecular weight excluding hydrogens is 1070 g/mol. The van der Waals surface area contributed by atoms with Crippen molar-refractivity contribution in [1.29, 1.82) is 0 Å². The summed E-state index contributed by atoms with van der Waals surface area (Å²) < 4.78 is 68.6. The average molecular weight is 1140 g/mol. The number of hydrogen-bond acceptors (Lipinski definition) is 21. The van der Waals surface area contributed by atoms with Gasteiger partial charge in [0.05, 0.1) is 31.7 Å². The van der Waals surface area contributed by atoms with Gasteiger partial charge in [0, 0.05) is 30.7 Å². The van der Waals surface area contributed by atoms with Crippen molar-refractivity contribution in [3.63, 3.8) is 0 Å². The number of nitrogens with two attached hydrogens (primary N) is 1. The van der Waals surface area contributed by atoms with E-state index in [-0.39, 0.29) is 71.9 Å². The highest BCUT2D eigenvalue weighted by molar-refractivity contribution is 8.13. The van der Waals surface area contributed by atoms with Crippen LogP contribution in [0.2, 0.25) is 0 Å². The van der Waals surface area contributed by atoms with Gasteiger partial charge in [-0.05, 0) is 73.5 Å². The number of amides is 2. The molecule has 7 unspecified atom stereocenters. The van der Waals surface area contributed by atoms with Crippen molar-refractivity contribution in [2.45, 2.75) is 128 Å². The van der Waals surface area contributed by atoms with E-state index in [2.05, 4.69) is 47.4 Å². The molecule has 2 aromatic heterocycles. The van der Waals surface area contributed by atoms with Crippen molar-refractivity contribution in [3.8, 4) is 5.75 Å². The molecule has 2 aliphatic carbocycles. The van der Waals surface area contributed by atoms with Crippen molar-refractivity contribution in [2.24, 2.45) is 23.2 Å². The molecule has 31 heteroatoms. The summed E-state index contributed by atoms with van der Waals surface area (Å²) in [6.07, 6.45) is -0.135. The number of aliphatic hydroxyl groups is 4. The van der Waals surface area contributed by atoms with Crippen molar-refractivity contribution >= 4 is 69.1 Å². The Morgan fingerprint density at radius 1 is 0.987 bits per heavy atom. The van der Waals surface area contributed by atoms with E-state index >= 15 is 0 Å². The predicted molar refractivity (Wildman–Crippen MR) is 267 cm³/mol. The first kappa shape index (κ1) is 60.7. The maximum absolute atomic E-state index is 12.8. The van der Waals surface area contributed by atoms with Gasteiger partial charge in [-0.15, -0.1) is 0 Å². The normalized spacial score (nSPS) is 25.2. The monoisotopic (exact) mass is 1140 g/mol. The zero-order valence-electron chi connectivity index (χ0n) is 41.6. The maximum atomic E-state index is 12.8. The fraction of sp³-hybridized carbons (Fsp3) is 0.682. The van der Waals surface area contributed by atoms with E-state index in [1.807, 2.05) is 12.1 Å². The van der Waals surface area contributed by atoms with Gasteiger partial charge in [-0.3, -0.25) is 32.5 Å². The largest absolute Gasteiger partial charge is 0.485 e. The van der Waals surface area contributed by atoms with Crippen LogP contribution in [0.1, 0.15) is 89.5 Å². The highest BCUT2D eigenvalue weighted by atomic mass is 32.2. The zero-order chi connectivity index (χ0) is 54.9. The Labute approximate surface area is 436 Å². The summed E-state index contributed by atoms with van der Waals surface area (Å²) in [6.45, 7) is 2.27. The molecule has 1 saturated heterocycles. The molecular formula is C44H68N7O20P3S. The van der Waals surface area contributed by atoms with Crippen LogP contribution in [-0.2, 0) is 63.5 Å². The minimum atomic E-state index is -5.60. The summed E-state index contributed by atoms with van der Waals surface area (Å²) in [7, 11) is -16.5. The molecule has 2 amide bonds. The Morgan fingerprint density at radius 2 is 1.73 bits per heavy atom. The number of phosphoric acid groups is 3. The summed E-state index contributed by atoms with van der Waals surface area (Å²) in [5.74, 6) is 0.0729. The zero-order valence-corrected chi connectivity index (χ0v) is 45.1. The second kappa shape index (κ2) is 26.4. The number of carbonyl (C=O) groups is 3. The van der Waals surface area contributed by atoms with Crippen molar-refractivity contribution in [2.75, 3.05) is 44.4 Å². The van der Waals surface area contributed by atoms with Gasteiger partial charge in [-0.25, -0.2) is 28.6 Å². The Bertz CT molecular complexity index is 2590. The van der Waals surface area contributed by atoms with Crippen LogP contribution in [0.3, 0.4) is 0 Å². The summed E-state index contributed by atoms with van der Waals surface area (Å²) in [4.78, 5) is 89.4. The van der Waals surface area contributed by atoms with Crippen LogP contribution in [0.5, 0.6) is 5.75 Å². The quantitative estimate of drug-likeness (QED) is 0.0350. The second-order valence-electron chi connectivity index (χ2n) is 19.5. The summed E-state index contributed by atoms with van der Waals surface area (Å²) in [5.41, 5.74) is 6.43. The number of rotatable bonds is 29. The second-order valence-corrected chi connectivity index (χ2v) is 24.9. The van der Waals surface area contributed by atoms with Crippen LogP contribution >= 0.6 is 35.2 Å². The van der Waals surface area contributed by atoms with Crippen molar-refractivity contribution in [3.05, 3.63) is 42.0 Å². The standard InChI is InChI=1S/C44H68N7O20P3S/c1-4-5-6-9-27(52)11-12-28-29-17-25-8-7-10-32(30(25)18-26(29)19-31(28)53)66-21-35(55)75-16-15-46-34(54)13-14-47-42(58)39(57)44(2,3)22-68-74(64,65)71-73(62,63)67-20-33-38(70-72(59,60)61)37(56)43(69-33)51-24-50-36-40(45)48-23-49-41(36)51/h7-8,10,23-24,26-29,31,33,37-39,43,52-53,56-57H,4-6,9,11-22H2,1-3H3,(H,46,54)(H,47,58)(H,62,63)(H,64,65)(H2,45,48,49)(H2,59,60,61)/t26-,27-,28+,29-,31+,33?,37?,38?,39?,43?/m1/s1. The molecule has 75 heavy (non-hydrogen) atoms. The lowest BCUT2D eigenvalue weighted by molar-refractivity contribution is -0.137. The van der Waals surface area contributed by atoms with Gasteiger partial charge in [0.1, 0.15) is 42.0 Å². The highest BCUT2D eigenvalue weighted by Crippen LogP contribution is 2.61. The Morgan fingerprint density at radius 3 is 2.47 bits per heavy atom. The first-order chi connectivity index (χ1) is 35.3. The van der Waals surface area contributed by atoms with Gasteiger partial charge in [-0.2, -0.15) is 4.31 Å². The Balaban J connectivity index is 0.867. The van der Waals surface area contributed by atoms with Crippen LogP contribution in [0.15, 0.2) is 30.9 Å². The molecule has 420 valence electrons. The van der Waals surface area contributed by atoms with E-state index in [4.69, 9.17) is 24.3 Å². The number of fused-ring (bicyclic) bond motifs is 3. The predicted octanol–water partition coefficient (Wildman–Crippen LogP) is 2.18. The molecule has 0 spiro atoms. The van der Waals surface area contributed by atoms with Crippen LogP contribution < -0.4 is 21.1 Å². The highest BCUT2D eigenvalue weighted by Gasteiger charge is 2.51. The number of phosphoric ester groups is 3. The molecule has 6 rings (SSSR count). The fourth-order valence-electron chi connectivity index (χ4n) is 9.57. The molecule has 12 atom stereocenters. The number of nitrogens with zero attached hydrogens (tertiary/aromatic N) is 4. The van der Waals surface area contributed by atoms with Gasteiger partial charge in [-0.1, -0.05) is 63.9 Å². The lowest BCUT2D eigenvalue weighted by Crippen LogP contribution is -2.46. The van der Waals surface area contributed by atoms with Crippen LogP contribution in [-0.4, -0.2) is 152 Å². The average Bonchev–Trinajstić information content (AvgIpc) is 4.00. The molecule has 1 saturated carbocycles.